The summed E-state index contributed by atoms with van der Waals surface area (Å²) in [7, 11) is 0. The maximum Gasteiger partial charge on any atom is 0.338 e. The molecule has 2 aromatic heterocycles. The van der Waals surface area contributed by atoms with Crippen molar-refractivity contribution in [2.75, 3.05) is 11.9 Å². The molecule has 1 amide bonds. The highest BCUT2D eigenvalue weighted by molar-refractivity contribution is 5.93. The van der Waals surface area contributed by atoms with E-state index in [0.717, 1.165) is 22.4 Å². The van der Waals surface area contributed by atoms with Crippen molar-refractivity contribution in [2.24, 2.45) is 0 Å². The molecule has 2 aromatic carbocycles. The van der Waals surface area contributed by atoms with Crippen LogP contribution in [0.3, 0.4) is 0 Å². The molecule has 0 saturated heterocycles. The van der Waals surface area contributed by atoms with Gasteiger partial charge in [-0.25, -0.2) is 9.78 Å². The van der Waals surface area contributed by atoms with Crippen LogP contribution in [-0.2, 0) is 16.1 Å². The number of hydrogen-bond acceptors (Lipinski definition) is 7. The number of aromatic nitrogens is 6. The van der Waals surface area contributed by atoms with Gasteiger partial charge in [0.1, 0.15) is 12.4 Å². The highest BCUT2D eigenvalue weighted by Gasteiger charge is 2.12. The summed E-state index contributed by atoms with van der Waals surface area (Å²) in [6.45, 7) is 3.83. The van der Waals surface area contributed by atoms with Crippen molar-refractivity contribution in [1.29, 1.82) is 0 Å². The third-order valence-electron chi connectivity index (χ3n) is 4.28. The number of hydrogen-bond donors (Lipinski definition) is 2. The molecule has 4 aromatic rings. The van der Waals surface area contributed by atoms with Crippen LogP contribution in [0.2, 0.25) is 0 Å². The second-order valence-corrected chi connectivity index (χ2v) is 6.54. The van der Waals surface area contributed by atoms with Crippen molar-refractivity contribution in [3.05, 3.63) is 53.9 Å². The van der Waals surface area contributed by atoms with E-state index in [0.29, 0.717) is 23.7 Å². The predicted octanol–water partition coefficient (Wildman–Crippen LogP) is 2.34. The Labute approximate surface area is 171 Å². The fraction of sp³-hybridized carbons (Fsp3) is 0.200. The third-order valence-corrected chi connectivity index (χ3v) is 4.28. The van der Waals surface area contributed by atoms with Crippen LogP contribution in [0.1, 0.15) is 23.1 Å². The van der Waals surface area contributed by atoms with Gasteiger partial charge in [-0.05, 0) is 61.5 Å². The smallest absolute Gasteiger partial charge is 0.338 e. The predicted molar refractivity (Wildman–Crippen MR) is 109 cm³/mol. The molecule has 0 radical (unpaired) electrons. The van der Waals surface area contributed by atoms with Crippen molar-refractivity contribution in [1.82, 2.24) is 30.2 Å². The quantitative estimate of drug-likeness (QED) is 0.471. The maximum absolute atomic E-state index is 12.3. The topological polar surface area (TPSA) is 128 Å². The van der Waals surface area contributed by atoms with Gasteiger partial charge in [-0.1, -0.05) is 0 Å². The van der Waals surface area contributed by atoms with Crippen LogP contribution in [0.25, 0.3) is 22.4 Å². The molecule has 0 bridgehead atoms. The Morgan fingerprint density at radius 1 is 1.17 bits per heavy atom. The van der Waals surface area contributed by atoms with Crippen LogP contribution >= 0.6 is 0 Å². The van der Waals surface area contributed by atoms with Crippen LogP contribution < -0.4 is 5.32 Å². The minimum absolute atomic E-state index is 0.0992. The molecule has 30 heavy (non-hydrogen) atoms. The molecular formula is C20H19N7O3. The van der Waals surface area contributed by atoms with E-state index in [1.165, 1.54) is 4.80 Å². The first-order valence-corrected chi connectivity index (χ1v) is 9.33. The summed E-state index contributed by atoms with van der Waals surface area (Å²) >= 11 is 0. The highest BCUT2D eigenvalue weighted by Crippen LogP contribution is 2.20. The van der Waals surface area contributed by atoms with Gasteiger partial charge in [-0.2, -0.15) is 4.80 Å². The number of aryl methyl sites for hydroxylation is 1. The molecule has 0 aliphatic rings. The number of ether oxygens (including phenoxy) is 1. The van der Waals surface area contributed by atoms with Gasteiger partial charge in [0.2, 0.25) is 11.7 Å². The van der Waals surface area contributed by atoms with Crippen LogP contribution in [0.5, 0.6) is 0 Å². The van der Waals surface area contributed by atoms with Crippen LogP contribution in [0.15, 0.2) is 42.5 Å². The van der Waals surface area contributed by atoms with Gasteiger partial charge < -0.3 is 15.0 Å². The zero-order chi connectivity index (χ0) is 21.1. The zero-order valence-corrected chi connectivity index (χ0v) is 16.4. The van der Waals surface area contributed by atoms with Crippen LogP contribution in [0.4, 0.5) is 5.69 Å². The number of carbonyl (C=O) groups excluding carboxylic acids is 2. The summed E-state index contributed by atoms with van der Waals surface area (Å²) < 4.78 is 4.93. The molecule has 152 valence electrons. The Kier molecular flexibility index (Phi) is 5.21. The average molecular weight is 405 g/mol. The number of nitrogens with zero attached hydrogens (tertiary/aromatic N) is 5. The van der Waals surface area contributed by atoms with Crippen molar-refractivity contribution >= 4 is 28.6 Å². The minimum atomic E-state index is -0.404. The Morgan fingerprint density at radius 3 is 2.73 bits per heavy atom. The van der Waals surface area contributed by atoms with Crippen molar-refractivity contribution in [2.45, 2.75) is 20.4 Å². The van der Waals surface area contributed by atoms with E-state index >= 15 is 0 Å². The van der Waals surface area contributed by atoms with Gasteiger partial charge in [0.25, 0.3) is 0 Å². The number of carbonyl (C=O) groups is 2. The monoisotopic (exact) mass is 405 g/mol. The number of nitrogens with one attached hydrogen (secondary N) is 2. The lowest BCUT2D eigenvalue weighted by Crippen LogP contribution is -2.20. The van der Waals surface area contributed by atoms with E-state index in [9.17, 15) is 9.59 Å². The Morgan fingerprint density at radius 2 is 1.97 bits per heavy atom. The van der Waals surface area contributed by atoms with Crippen molar-refractivity contribution < 1.29 is 14.3 Å². The summed E-state index contributed by atoms with van der Waals surface area (Å²) in [5.74, 6) is 0.516. The number of tetrazole rings is 1. The molecular weight excluding hydrogens is 386 g/mol. The number of benzene rings is 2. The number of amides is 1. The van der Waals surface area contributed by atoms with Gasteiger partial charge in [0, 0.05) is 11.3 Å². The number of anilines is 1. The van der Waals surface area contributed by atoms with Crippen LogP contribution in [0, 0.1) is 6.92 Å². The average Bonchev–Trinajstić information content (AvgIpc) is 3.33. The molecule has 2 heterocycles. The van der Waals surface area contributed by atoms with Gasteiger partial charge >= 0.3 is 5.97 Å². The lowest BCUT2D eigenvalue weighted by molar-refractivity contribution is -0.117. The number of H-pyrrole nitrogens is 1. The molecule has 0 aliphatic carbocycles. The van der Waals surface area contributed by atoms with Gasteiger partial charge in [-0.3, -0.25) is 4.79 Å². The number of imidazole rings is 1. The Balaban J connectivity index is 1.40. The largest absolute Gasteiger partial charge is 0.462 e. The lowest BCUT2D eigenvalue weighted by atomic mass is 10.2. The number of esters is 1. The number of aromatic amines is 1. The van der Waals surface area contributed by atoms with E-state index in [4.69, 9.17) is 4.74 Å². The van der Waals surface area contributed by atoms with Gasteiger partial charge in [0.15, 0.2) is 0 Å². The third kappa shape index (κ3) is 4.17. The molecule has 0 unspecified atom stereocenters. The summed E-state index contributed by atoms with van der Waals surface area (Å²) in [4.78, 5) is 32.7. The molecule has 0 spiro atoms. The molecule has 4 rings (SSSR count). The normalized spacial score (nSPS) is 10.9. The molecule has 0 aliphatic heterocycles. The lowest BCUT2D eigenvalue weighted by Gasteiger charge is -2.06. The maximum atomic E-state index is 12.3. The first-order chi connectivity index (χ1) is 14.5. The molecule has 10 heteroatoms. The highest BCUT2D eigenvalue weighted by atomic mass is 16.5. The number of rotatable bonds is 6. The fourth-order valence-electron chi connectivity index (χ4n) is 2.94. The first kappa shape index (κ1) is 19.2. The SMILES string of the molecule is CCOC(=O)c1ccc(NC(=O)Cn2nnc(-c3ccc4nc(C)[nH]c4c3)n2)cc1. The number of fused-ring (bicyclic) bond motifs is 1. The Hall–Kier alpha value is -4.08. The second kappa shape index (κ2) is 8.11. The summed E-state index contributed by atoms with van der Waals surface area (Å²) in [5, 5.41) is 15.0. The molecule has 0 fully saturated rings. The summed E-state index contributed by atoms with van der Waals surface area (Å²) in [5.41, 5.74) is 3.48. The second-order valence-electron chi connectivity index (χ2n) is 6.54. The fourth-order valence-corrected chi connectivity index (χ4v) is 2.94. The first-order valence-electron chi connectivity index (χ1n) is 9.33. The molecule has 0 saturated carbocycles. The standard InChI is InChI=1S/C20H19N7O3/c1-3-30-20(29)13-4-7-15(8-5-13)23-18(28)11-27-25-19(24-26-27)14-6-9-16-17(10-14)22-12(2)21-16/h4-10H,3,11H2,1-2H3,(H,21,22)(H,23,28). The zero-order valence-electron chi connectivity index (χ0n) is 16.4. The van der Waals surface area contributed by atoms with E-state index in [-0.39, 0.29) is 12.5 Å². The summed E-state index contributed by atoms with van der Waals surface area (Å²) in [6, 6.07) is 12.1. The summed E-state index contributed by atoms with van der Waals surface area (Å²) in [6.07, 6.45) is 0. The van der Waals surface area contributed by atoms with E-state index in [1.54, 1.807) is 31.2 Å². The van der Waals surface area contributed by atoms with Crippen molar-refractivity contribution in [3.63, 3.8) is 0 Å². The molecule has 2 N–H and O–H groups in total. The van der Waals surface area contributed by atoms with Crippen LogP contribution in [-0.4, -0.2) is 48.7 Å². The Bertz CT molecular complexity index is 1210. The van der Waals surface area contributed by atoms with Crippen molar-refractivity contribution in [3.8, 4) is 11.4 Å². The van der Waals surface area contributed by atoms with E-state index < -0.39 is 5.97 Å². The van der Waals surface area contributed by atoms with Gasteiger partial charge in [-0.15, -0.1) is 10.2 Å². The minimum Gasteiger partial charge on any atom is -0.462 e. The van der Waals surface area contributed by atoms with E-state index in [2.05, 4.69) is 30.7 Å². The van der Waals surface area contributed by atoms with Gasteiger partial charge in [0.05, 0.1) is 23.2 Å². The van der Waals surface area contributed by atoms with E-state index in [1.807, 2.05) is 25.1 Å². The molecule has 0 atom stereocenters. The molecule has 10 nitrogen and oxygen atoms in total.